The van der Waals surface area contributed by atoms with Crippen molar-refractivity contribution in [1.29, 1.82) is 0 Å². The number of thioether (sulfide) groups is 1. The third kappa shape index (κ3) is 4.40. The standard InChI is InChI=1S/C13H18O3S/c1-4-16-13(15)10(3)17-12-7-5-6-11(8-12)9(2)14/h5-10,14H,4H2,1-3H3. The van der Waals surface area contributed by atoms with Gasteiger partial charge in [-0.1, -0.05) is 12.1 Å². The predicted octanol–water partition coefficient (Wildman–Crippen LogP) is 2.78. The van der Waals surface area contributed by atoms with Crippen LogP contribution in [-0.2, 0) is 9.53 Å². The summed E-state index contributed by atoms with van der Waals surface area (Å²) in [5, 5.41) is 9.24. The Morgan fingerprint density at radius 3 is 2.76 bits per heavy atom. The fraction of sp³-hybridized carbons (Fsp3) is 0.462. The van der Waals surface area contributed by atoms with Gasteiger partial charge in [0.1, 0.15) is 5.25 Å². The predicted molar refractivity (Wildman–Crippen MR) is 69.0 cm³/mol. The van der Waals surface area contributed by atoms with Gasteiger partial charge in [0, 0.05) is 4.90 Å². The van der Waals surface area contributed by atoms with Crippen LogP contribution in [0.5, 0.6) is 0 Å². The molecule has 0 aromatic heterocycles. The zero-order chi connectivity index (χ0) is 12.8. The molecule has 17 heavy (non-hydrogen) atoms. The summed E-state index contributed by atoms with van der Waals surface area (Å²) in [6.07, 6.45) is -0.492. The Morgan fingerprint density at radius 1 is 1.47 bits per heavy atom. The summed E-state index contributed by atoms with van der Waals surface area (Å²) in [6.45, 7) is 5.73. The van der Waals surface area contributed by atoms with Gasteiger partial charge in [-0.25, -0.2) is 0 Å². The molecule has 0 bridgehead atoms. The summed E-state index contributed by atoms with van der Waals surface area (Å²) >= 11 is 1.44. The van der Waals surface area contributed by atoms with Crippen LogP contribution in [0.25, 0.3) is 0 Å². The molecule has 0 aliphatic rings. The SMILES string of the molecule is CCOC(=O)C(C)Sc1cccc(C(C)O)c1. The Balaban J connectivity index is 2.68. The zero-order valence-corrected chi connectivity index (χ0v) is 11.2. The average Bonchev–Trinajstić information content (AvgIpc) is 2.29. The molecule has 0 aliphatic carbocycles. The second kappa shape index (κ2) is 6.67. The monoisotopic (exact) mass is 254 g/mol. The zero-order valence-electron chi connectivity index (χ0n) is 10.3. The van der Waals surface area contributed by atoms with E-state index >= 15 is 0 Å². The third-order valence-electron chi connectivity index (χ3n) is 2.27. The Kier molecular flexibility index (Phi) is 5.51. The minimum absolute atomic E-state index is 0.208. The Hall–Kier alpha value is -1.00. The van der Waals surface area contributed by atoms with Crippen LogP contribution in [-0.4, -0.2) is 22.9 Å². The molecule has 0 amide bonds. The minimum atomic E-state index is -0.492. The molecule has 0 saturated carbocycles. The number of rotatable bonds is 5. The summed E-state index contributed by atoms with van der Waals surface area (Å²) in [5.41, 5.74) is 0.853. The Labute approximate surface area is 106 Å². The van der Waals surface area contributed by atoms with Gasteiger partial charge in [-0.2, -0.15) is 0 Å². The smallest absolute Gasteiger partial charge is 0.319 e. The normalized spacial score (nSPS) is 14.1. The van der Waals surface area contributed by atoms with Crippen LogP contribution < -0.4 is 0 Å². The van der Waals surface area contributed by atoms with Gasteiger partial charge in [0.15, 0.2) is 0 Å². The molecule has 1 aromatic carbocycles. The van der Waals surface area contributed by atoms with Gasteiger partial charge in [0.05, 0.1) is 12.7 Å². The summed E-state index contributed by atoms with van der Waals surface area (Å²) in [5.74, 6) is -0.208. The van der Waals surface area contributed by atoms with E-state index in [1.54, 1.807) is 13.8 Å². The van der Waals surface area contributed by atoms with Gasteiger partial charge in [0.2, 0.25) is 0 Å². The number of benzene rings is 1. The molecule has 3 nitrogen and oxygen atoms in total. The molecule has 1 aromatic rings. The molecule has 0 aliphatic heterocycles. The second-order valence-corrected chi connectivity index (χ2v) is 5.17. The van der Waals surface area contributed by atoms with Crippen molar-refractivity contribution in [3.8, 4) is 0 Å². The molecule has 0 spiro atoms. The van der Waals surface area contributed by atoms with Crippen molar-refractivity contribution in [1.82, 2.24) is 0 Å². The number of ether oxygens (including phenoxy) is 1. The van der Waals surface area contributed by atoms with Crippen LogP contribution in [0, 0.1) is 0 Å². The molecule has 0 heterocycles. The summed E-state index contributed by atoms with van der Waals surface area (Å²) in [7, 11) is 0. The fourth-order valence-corrected chi connectivity index (χ4v) is 2.29. The van der Waals surface area contributed by atoms with Crippen LogP contribution in [0.3, 0.4) is 0 Å². The first-order chi connectivity index (χ1) is 8.04. The first kappa shape index (κ1) is 14.1. The first-order valence-corrected chi connectivity index (χ1v) is 6.54. The van der Waals surface area contributed by atoms with Crippen molar-refractivity contribution < 1.29 is 14.6 Å². The maximum Gasteiger partial charge on any atom is 0.319 e. The largest absolute Gasteiger partial charge is 0.465 e. The number of esters is 1. The average molecular weight is 254 g/mol. The van der Waals surface area contributed by atoms with E-state index in [1.807, 2.05) is 31.2 Å². The number of aliphatic hydroxyl groups is 1. The second-order valence-electron chi connectivity index (χ2n) is 3.76. The van der Waals surface area contributed by atoms with E-state index in [4.69, 9.17) is 4.74 Å². The van der Waals surface area contributed by atoms with Crippen molar-refractivity contribution in [2.24, 2.45) is 0 Å². The topological polar surface area (TPSA) is 46.5 Å². The number of hydrogen-bond acceptors (Lipinski definition) is 4. The summed E-state index contributed by atoms with van der Waals surface area (Å²) in [4.78, 5) is 12.4. The van der Waals surface area contributed by atoms with Crippen molar-refractivity contribution in [2.45, 2.75) is 37.0 Å². The molecule has 0 radical (unpaired) electrons. The van der Waals surface area contributed by atoms with E-state index in [0.29, 0.717) is 6.61 Å². The summed E-state index contributed by atoms with van der Waals surface area (Å²) in [6, 6.07) is 7.56. The highest BCUT2D eigenvalue weighted by Gasteiger charge is 2.15. The molecule has 0 saturated heterocycles. The van der Waals surface area contributed by atoms with Crippen LogP contribution in [0.4, 0.5) is 0 Å². The molecule has 0 fully saturated rings. The lowest BCUT2D eigenvalue weighted by Crippen LogP contribution is -2.16. The number of carbonyl (C=O) groups excluding carboxylic acids is 1. The van der Waals surface area contributed by atoms with Crippen LogP contribution in [0.1, 0.15) is 32.4 Å². The first-order valence-electron chi connectivity index (χ1n) is 5.66. The van der Waals surface area contributed by atoms with Gasteiger partial charge in [-0.05, 0) is 38.5 Å². The lowest BCUT2D eigenvalue weighted by molar-refractivity contribution is -0.142. The van der Waals surface area contributed by atoms with E-state index in [0.717, 1.165) is 10.5 Å². The molecule has 4 heteroatoms. The quantitative estimate of drug-likeness (QED) is 0.648. The highest BCUT2D eigenvalue weighted by molar-refractivity contribution is 8.00. The third-order valence-corrected chi connectivity index (χ3v) is 3.34. The van der Waals surface area contributed by atoms with Gasteiger partial charge < -0.3 is 9.84 Å². The lowest BCUT2D eigenvalue weighted by Gasteiger charge is -2.11. The van der Waals surface area contributed by atoms with E-state index < -0.39 is 6.10 Å². The van der Waals surface area contributed by atoms with Crippen LogP contribution in [0.15, 0.2) is 29.2 Å². The van der Waals surface area contributed by atoms with E-state index in [2.05, 4.69) is 0 Å². The van der Waals surface area contributed by atoms with Crippen molar-refractivity contribution >= 4 is 17.7 Å². The Bertz CT molecular complexity index is 377. The highest BCUT2D eigenvalue weighted by atomic mass is 32.2. The highest BCUT2D eigenvalue weighted by Crippen LogP contribution is 2.26. The minimum Gasteiger partial charge on any atom is -0.465 e. The van der Waals surface area contributed by atoms with E-state index in [-0.39, 0.29) is 11.2 Å². The lowest BCUT2D eigenvalue weighted by atomic mass is 10.1. The molecule has 1 rings (SSSR count). The molecule has 2 atom stereocenters. The van der Waals surface area contributed by atoms with Crippen molar-refractivity contribution in [3.63, 3.8) is 0 Å². The molecule has 1 N–H and O–H groups in total. The molecular formula is C13H18O3S. The fourth-order valence-electron chi connectivity index (χ4n) is 1.36. The summed E-state index contributed by atoms with van der Waals surface area (Å²) < 4.78 is 4.94. The van der Waals surface area contributed by atoms with Gasteiger partial charge in [0.25, 0.3) is 0 Å². The Morgan fingerprint density at radius 2 is 2.18 bits per heavy atom. The number of aliphatic hydroxyl groups excluding tert-OH is 1. The van der Waals surface area contributed by atoms with E-state index in [1.165, 1.54) is 11.8 Å². The van der Waals surface area contributed by atoms with Gasteiger partial charge >= 0.3 is 5.97 Å². The molecule has 94 valence electrons. The van der Waals surface area contributed by atoms with Crippen molar-refractivity contribution in [3.05, 3.63) is 29.8 Å². The molecular weight excluding hydrogens is 236 g/mol. The number of carbonyl (C=O) groups is 1. The van der Waals surface area contributed by atoms with Gasteiger partial charge in [-0.15, -0.1) is 11.8 Å². The van der Waals surface area contributed by atoms with Gasteiger partial charge in [-0.3, -0.25) is 4.79 Å². The van der Waals surface area contributed by atoms with Crippen LogP contribution >= 0.6 is 11.8 Å². The molecule has 2 unspecified atom stereocenters. The van der Waals surface area contributed by atoms with E-state index in [9.17, 15) is 9.90 Å². The van der Waals surface area contributed by atoms with Crippen LogP contribution in [0.2, 0.25) is 0 Å². The maximum absolute atomic E-state index is 11.5. The maximum atomic E-state index is 11.5. The van der Waals surface area contributed by atoms with Crippen molar-refractivity contribution in [2.75, 3.05) is 6.61 Å². The number of hydrogen-bond donors (Lipinski definition) is 1.